The highest BCUT2D eigenvalue weighted by Gasteiger charge is 2.26. The number of nitrogens with zero attached hydrogens (tertiary/aromatic N) is 3. The first-order valence-corrected chi connectivity index (χ1v) is 8.86. The maximum Gasteiger partial charge on any atom is 0.259 e. The van der Waals surface area contributed by atoms with Crippen molar-refractivity contribution in [3.8, 4) is 6.07 Å². The number of hydrogen-bond donors (Lipinski definition) is 3. The summed E-state index contributed by atoms with van der Waals surface area (Å²) >= 11 is 0. The maximum absolute atomic E-state index is 12.6. The fourth-order valence-electron chi connectivity index (χ4n) is 2.66. The first kappa shape index (κ1) is 19.8. The molecule has 2 heterocycles. The average Bonchev–Trinajstić information content (AvgIpc) is 3.08. The first-order valence-electron chi connectivity index (χ1n) is 8.86. The van der Waals surface area contributed by atoms with Crippen molar-refractivity contribution >= 4 is 40.4 Å². The molecule has 0 saturated carbocycles. The summed E-state index contributed by atoms with van der Waals surface area (Å²) in [6.07, 6.45) is 4.62. The third-order valence-corrected chi connectivity index (χ3v) is 4.19. The zero-order valence-electron chi connectivity index (χ0n) is 16.3. The third kappa shape index (κ3) is 4.30. The highest BCUT2D eigenvalue weighted by Crippen LogP contribution is 2.26. The number of aromatic amines is 1. The van der Waals surface area contributed by atoms with E-state index >= 15 is 0 Å². The SMILES string of the molecule is CC(C)(C)C(=O)c1c[nH]c2ncc(Nc3ccc(/C=C(/C#N)C(N)=O)cc3)nc12. The van der Waals surface area contributed by atoms with Crippen LogP contribution in [0.4, 0.5) is 11.5 Å². The van der Waals surface area contributed by atoms with E-state index in [2.05, 4.69) is 20.3 Å². The normalized spacial score (nSPS) is 11.9. The number of fused-ring (bicyclic) bond motifs is 1. The van der Waals surface area contributed by atoms with E-state index in [-0.39, 0.29) is 11.4 Å². The number of hydrogen-bond acceptors (Lipinski definition) is 6. The smallest absolute Gasteiger partial charge is 0.259 e. The Labute approximate surface area is 167 Å². The van der Waals surface area contributed by atoms with Crippen molar-refractivity contribution < 1.29 is 9.59 Å². The van der Waals surface area contributed by atoms with Crippen LogP contribution in [0.3, 0.4) is 0 Å². The lowest BCUT2D eigenvalue weighted by Crippen LogP contribution is -2.20. The summed E-state index contributed by atoms with van der Waals surface area (Å²) in [5, 5.41) is 12.0. The number of carbonyl (C=O) groups excluding carboxylic acids is 2. The Morgan fingerprint density at radius 1 is 1.24 bits per heavy atom. The van der Waals surface area contributed by atoms with E-state index in [0.29, 0.717) is 28.1 Å². The molecule has 0 spiro atoms. The second-order valence-corrected chi connectivity index (χ2v) is 7.52. The molecular weight excluding hydrogens is 368 g/mol. The number of carbonyl (C=O) groups is 2. The number of ketones is 1. The molecule has 3 aromatic rings. The minimum absolute atomic E-state index is 0.0194. The molecule has 0 saturated heterocycles. The highest BCUT2D eigenvalue weighted by atomic mass is 16.1. The number of H-pyrrole nitrogens is 1. The number of benzene rings is 1. The standard InChI is InChI=1S/C21H20N6O2/c1-21(2,3)18(28)15-10-24-20-17(15)27-16(11-25-20)26-14-6-4-12(5-7-14)8-13(9-22)19(23)29/h4-8,10-11H,1-3H3,(H2,23,29)(H,24,25)(H,26,27)/b13-8-. The van der Waals surface area contributed by atoms with E-state index < -0.39 is 11.3 Å². The zero-order chi connectivity index (χ0) is 21.2. The predicted molar refractivity (Wildman–Crippen MR) is 110 cm³/mol. The number of nitrogens with two attached hydrogens (primary N) is 1. The number of anilines is 2. The van der Waals surface area contributed by atoms with E-state index in [9.17, 15) is 9.59 Å². The van der Waals surface area contributed by atoms with E-state index in [1.807, 2.05) is 20.8 Å². The van der Waals surface area contributed by atoms with Crippen LogP contribution in [-0.4, -0.2) is 26.6 Å². The summed E-state index contributed by atoms with van der Waals surface area (Å²) in [4.78, 5) is 35.6. The molecule has 29 heavy (non-hydrogen) atoms. The molecular formula is C21H20N6O2. The minimum Gasteiger partial charge on any atom is -0.365 e. The van der Waals surface area contributed by atoms with Gasteiger partial charge in [0.1, 0.15) is 23.0 Å². The number of nitriles is 1. The molecule has 1 amide bonds. The second-order valence-electron chi connectivity index (χ2n) is 7.52. The lowest BCUT2D eigenvalue weighted by atomic mass is 9.87. The Balaban J connectivity index is 1.86. The Morgan fingerprint density at radius 3 is 2.52 bits per heavy atom. The molecule has 0 aliphatic heterocycles. The van der Waals surface area contributed by atoms with Crippen molar-refractivity contribution in [2.75, 3.05) is 5.32 Å². The van der Waals surface area contributed by atoms with Gasteiger partial charge < -0.3 is 16.0 Å². The maximum atomic E-state index is 12.6. The molecule has 4 N–H and O–H groups in total. The zero-order valence-corrected chi connectivity index (χ0v) is 16.3. The van der Waals surface area contributed by atoms with Gasteiger partial charge in [-0.1, -0.05) is 32.9 Å². The van der Waals surface area contributed by atoms with Gasteiger partial charge in [0.15, 0.2) is 11.4 Å². The van der Waals surface area contributed by atoms with Crippen LogP contribution in [0.2, 0.25) is 0 Å². The van der Waals surface area contributed by atoms with Gasteiger partial charge in [0, 0.05) is 17.3 Å². The van der Waals surface area contributed by atoms with Crippen molar-refractivity contribution in [3.63, 3.8) is 0 Å². The molecule has 1 aromatic carbocycles. The predicted octanol–water partition coefficient (Wildman–Crippen LogP) is 3.32. The molecule has 8 nitrogen and oxygen atoms in total. The van der Waals surface area contributed by atoms with Gasteiger partial charge in [-0.05, 0) is 23.8 Å². The van der Waals surface area contributed by atoms with Crippen molar-refractivity contribution in [1.82, 2.24) is 15.0 Å². The Kier molecular flexibility index (Phi) is 5.15. The lowest BCUT2D eigenvalue weighted by molar-refractivity contribution is -0.114. The Morgan fingerprint density at radius 2 is 1.93 bits per heavy atom. The molecule has 8 heteroatoms. The monoisotopic (exact) mass is 388 g/mol. The summed E-state index contributed by atoms with van der Waals surface area (Å²) < 4.78 is 0. The van der Waals surface area contributed by atoms with Gasteiger partial charge >= 0.3 is 0 Å². The van der Waals surface area contributed by atoms with Gasteiger partial charge in [0.25, 0.3) is 5.91 Å². The van der Waals surface area contributed by atoms with Gasteiger partial charge in [-0.15, -0.1) is 0 Å². The Hall–Kier alpha value is -3.99. The van der Waals surface area contributed by atoms with Gasteiger partial charge in [-0.2, -0.15) is 5.26 Å². The van der Waals surface area contributed by atoms with Crippen LogP contribution in [0.5, 0.6) is 0 Å². The molecule has 0 radical (unpaired) electrons. The summed E-state index contributed by atoms with van der Waals surface area (Å²) in [6, 6.07) is 8.78. The fourth-order valence-corrected chi connectivity index (χ4v) is 2.66. The van der Waals surface area contributed by atoms with E-state index in [1.165, 1.54) is 6.08 Å². The fraction of sp³-hybridized carbons (Fsp3) is 0.190. The molecule has 2 aromatic heterocycles. The van der Waals surface area contributed by atoms with Crippen LogP contribution in [0, 0.1) is 16.7 Å². The second kappa shape index (κ2) is 7.56. The quantitative estimate of drug-likeness (QED) is 0.348. The molecule has 0 aliphatic carbocycles. The van der Waals surface area contributed by atoms with E-state index in [1.54, 1.807) is 42.7 Å². The molecule has 146 valence electrons. The van der Waals surface area contributed by atoms with Crippen molar-refractivity contribution in [2.24, 2.45) is 11.1 Å². The topological polar surface area (TPSA) is 138 Å². The molecule has 0 bridgehead atoms. The molecule has 0 unspecified atom stereocenters. The van der Waals surface area contributed by atoms with Crippen molar-refractivity contribution in [1.29, 1.82) is 5.26 Å². The van der Waals surface area contributed by atoms with Crippen LogP contribution in [-0.2, 0) is 4.79 Å². The van der Waals surface area contributed by atoms with Crippen molar-refractivity contribution in [2.45, 2.75) is 20.8 Å². The molecule has 0 fully saturated rings. The minimum atomic E-state index is -0.773. The van der Waals surface area contributed by atoms with Gasteiger partial charge in [-0.3, -0.25) is 9.59 Å². The molecule has 0 aliphatic rings. The van der Waals surface area contributed by atoms with Gasteiger partial charge in [-0.25, -0.2) is 9.97 Å². The third-order valence-electron chi connectivity index (χ3n) is 4.19. The van der Waals surface area contributed by atoms with Crippen LogP contribution in [0.1, 0.15) is 36.7 Å². The summed E-state index contributed by atoms with van der Waals surface area (Å²) in [5.74, 6) is -0.308. The number of amides is 1. The highest BCUT2D eigenvalue weighted by molar-refractivity contribution is 6.08. The summed E-state index contributed by atoms with van der Waals surface area (Å²) in [6.45, 7) is 5.57. The summed E-state index contributed by atoms with van der Waals surface area (Å²) in [7, 11) is 0. The number of nitrogens with one attached hydrogen (secondary N) is 2. The first-order chi connectivity index (χ1) is 13.7. The van der Waals surface area contributed by atoms with Crippen LogP contribution in [0.15, 0.2) is 42.2 Å². The van der Waals surface area contributed by atoms with Gasteiger partial charge in [0.2, 0.25) is 0 Å². The lowest BCUT2D eigenvalue weighted by Gasteiger charge is -2.15. The molecule has 3 rings (SSSR count). The number of rotatable bonds is 5. The summed E-state index contributed by atoms with van der Waals surface area (Å²) in [5.41, 5.74) is 7.43. The Bertz CT molecular complexity index is 1160. The number of aromatic nitrogens is 3. The largest absolute Gasteiger partial charge is 0.365 e. The average molecular weight is 388 g/mol. The van der Waals surface area contributed by atoms with Crippen molar-refractivity contribution in [3.05, 3.63) is 53.4 Å². The van der Waals surface area contributed by atoms with Crippen LogP contribution < -0.4 is 11.1 Å². The van der Waals surface area contributed by atoms with E-state index in [4.69, 9.17) is 11.0 Å². The number of Topliss-reactive ketones (excluding diaryl/α,β-unsaturated/α-hetero) is 1. The van der Waals surface area contributed by atoms with Crippen LogP contribution >= 0.6 is 0 Å². The van der Waals surface area contributed by atoms with E-state index in [0.717, 1.165) is 5.69 Å². The van der Waals surface area contributed by atoms with Crippen LogP contribution in [0.25, 0.3) is 17.2 Å². The van der Waals surface area contributed by atoms with Gasteiger partial charge in [0.05, 0.1) is 11.8 Å². The number of primary amides is 1. The molecule has 0 atom stereocenters.